The Morgan fingerprint density at radius 3 is 2.06 bits per heavy atom. The van der Waals surface area contributed by atoms with Crippen molar-refractivity contribution in [3.8, 4) is 0 Å². The van der Waals surface area contributed by atoms with Crippen molar-refractivity contribution in [2.75, 3.05) is 0 Å². The van der Waals surface area contributed by atoms with Crippen molar-refractivity contribution < 1.29 is 25.7 Å². The Morgan fingerprint density at radius 1 is 1.18 bits per heavy atom. The standard InChI is InChI=1S/C7H18O6Si4/c1-6-7(8)9-17(5)12-15(3)10-14(2)11-16(4)13-17/h6,14-16H,1H2,2-5H3. The minimum absolute atomic E-state index is 0.535. The number of carbonyl (C=O) groups excluding carboxylic acids is 1. The number of hydrogen-bond donors (Lipinski definition) is 0. The summed E-state index contributed by atoms with van der Waals surface area (Å²) < 4.78 is 28.0. The van der Waals surface area contributed by atoms with Crippen LogP contribution in [-0.2, 0) is 25.7 Å². The Kier molecular flexibility index (Phi) is 5.46. The second-order valence-corrected chi connectivity index (χ2v) is 13.1. The van der Waals surface area contributed by atoms with Crippen LogP contribution in [0.25, 0.3) is 0 Å². The van der Waals surface area contributed by atoms with Gasteiger partial charge in [0, 0.05) is 12.6 Å². The van der Waals surface area contributed by atoms with E-state index in [2.05, 4.69) is 6.58 Å². The average Bonchev–Trinajstić information content (AvgIpc) is 2.13. The van der Waals surface area contributed by atoms with Gasteiger partial charge in [0.15, 0.2) is 0 Å². The van der Waals surface area contributed by atoms with E-state index < -0.39 is 42.6 Å². The molecular weight excluding hydrogens is 292 g/mol. The molecule has 1 heterocycles. The van der Waals surface area contributed by atoms with Crippen LogP contribution in [0.5, 0.6) is 0 Å². The van der Waals surface area contributed by atoms with Crippen molar-refractivity contribution in [3.63, 3.8) is 0 Å². The summed E-state index contributed by atoms with van der Waals surface area (Å²) in [5.41, 5.74) is 0. The molecule has 0 aliphatic carbocycles. The van der Waals surface area contributed by atoms with Gasteiger partial charge in [-0.25, -0.2) is 4.79 Å². The van der Waals surface area contributed by atoms with E-state index in [1.807, 2.05) is 19.6 Å². The monoisotopic (exact) mass is 310 g/mol. The lowest BCUT2D eigenvalue weighted by molar-refractivity contribution is -0.132. The lowest BCUT2D eigenvalue weighted by atomic mass is 10.7. The number of carbonyl (C=O) groups is 1. The highest BCUT2D eigenvalue weighted by Crippen LogP contribution is 2.17. The summed E-state index contributed by atoms with van der Waals surface area (Å²) in [4.78, 5) is 11.3. The van der Waals surface area contributed by atoms with Gasteiger partial charge in [0.2, 0.25) is 0 Å². The SMILES string of the molecule is C=CC(=O)O[Si]1(C)O[SiH](C)O[SiH](C)O[SiH](C)O1. The van der Waals surface area contributed by atoms with E-state index in [0.717, 1.165) is 6.08 Å². The molecule has 0 aromatic heterocycles. The maximum Gasteiger partial charge on any atom is 0.546 e. The van der Waals surface area contributed by atoms with Gasteiger partial charge in [0.1, 0.15) is 0 Å². The molecule has 1 saturated heterocycles. The van der Waals surface area contributed by atoms with Gasteiger partial charge in [0.25, 0.3) is 9.28 Å². The van der Waals surface area contributed by atoms with Crippen LogP contribution in [0.4, 0.5) is 0 Å². The Bertz CT molecular complexity index is 286. The summed E-state index contributed by atoms with van der Waals surface area (Å²) in [7, 11) is -8.36. The van der Waals surface area contributed by atoms with Gasteiger partial charge in [-0.2, -0.15) is 0 Å². The number of rotatable bonds is 2. The third-order valence-corrected chi connectivity index (χ3v) is 14.8. The van der Waals surface area contributed by atoms with Crippen molar-refractivity contribution in [3.05, 3.63) is 12.7 Å². The molecule has 98 valence electrons. The molecule has 2 unspecified atom stereocenters. The first-order chi connectivity index (χ1) is 7.84. The molecular formula is C7H18O6Si4. The van der Waals surface area contributed by atoms with E-state index in [0.29, 0.717) is 0 Å². The van der Waals surface area contributed by atoms with Crippen molar-refractivity contribution in [2.24, 2.45) is 0 Å². The van der Waals surface area contributed by atoms with E-state index in [-0.39, 0.29) is 0 Å². The molecule has 0 aromatic rings. The van der Waals surface area contributed by atoms with Gasteiger partial charge in [-0.05, 0) is 19.6 Å². The summed E-state index contributed by atoms with van der Waals surface area (Å²) in [6.07, 6.45) is 1.10. The molecule has 1 rings (SSSR count). The molecule has 0 saturated carbocycles. The quantitative estimate of drug-likeness (QED) is 0.525. The van der Waals surface area contributed by atoms with E-state index in [9.17, 15) is 4.79 Å². The molecule has 10 heteroatoms. The molecule has 0 bridgehead atoms. The minimum atomic E-state index is -2.98. The minimum Gasteiger partial charge on any atom is -0.471 e. The van der Waals surface area contributed by atoms with Gasteiger partial charge >= 0.3 is 33.3 Å². The van der Waals surface area contributed by atoms with Crippen molar-refractivity contribution in [1.29, 1.82) is 0 Å². The molecule has 17 heavy (non-hydrogen) atoms. The highest BCUT2D eigenvalue weighted by molar-refractivity contribution is 6.78. The second-order valence-electron chi connectivity index (χ2n) is 3.70. The smallest absolute Gasteiger partial charge is 0.471 e. The first kappa shape index (κ1) is 15.0. The highest BCUT2D eigenvalue weighted by Gasteiger charge is 2.44. The zero-order chi connectivity index (χ0) is 13.1. The maximum atomic E-state index is 11.3. The van der Waals surface area contributed by atoms with Crippen molar-refractivity contribution in [2.45, 2.75) is 26.2 Å². The van der Waals surface area contributed by atoms with Crippen LogP contribution in [0.3, 0.4) is 0 Å². The van der Waals surface area contributed by atoms with Crippen molar-refractivity contribution >= 4 is 42.6 Å². The molecule has 1 fully saturated rings. The van der Waals surface area contributed by atoms with Gasteiger partial charge in [-0.1, -0.05) is 6.58 Å². The fraction of sp³-hybridized carbons (Fsp3) is 0.571. The first-order valence-corrected chi connectivity index (χ1v) is 13.9. The first-order valence-electron chi connectivity index (χ1n) is 5.36. The normalized spacial score (nSPS) is 38.9. The van der Waals surface area contributed by atoms with Crippen molar-refractivity contribution in [1.82, 2.24) is 0 Å². The van der Waals surface area contributed by atoms with Gasteiger partial charge in [-0.3, -0.25) is 0 Å². The molecule has 0 spiro atoms. The molecule has 6 nitrogen and oxygen atoms in total. The number of hydrogen-bond acceptors (Lipinski definition) is 6. The Hall–Kier alpha value is -0.0825. The summed E-state index contributed by atoms with van der Waals surface area (Å²) in [6.45, 7) is 10.7. The fourth-order valence-electron chi connectivity index (χ4n) is 1.53. The van der Waals surface area contributed by atoms with Crippen LogP contribution < -0.4 is 0 Å². The Balaban J connectivity index is 2.74. The molecule has 1 aliphatic rings. The lowest BCUT2D eigenvalue weighted by Gasteiger charge is -2.34. The van der Waals surface area contributed by atoms with Crippen LogP contribution in [0.15, 0.2) is 12.7 Å². The second kappa shape index (κ2) is 6.19. The topological polar surface area (TPSA) is 63.2 Å². The van der Waals surface area contributed by atoms with Gasteiger partial charge in [0.05, 0.1) is 0 Å². The van der Waals surface area contributed by atoms with Crippen LogP contribution in [0.2, 0.25) is 26.2 Å². The van der Waals surface area contributed by atoms with Gasteiger partial charge in [-0.15, -0.1) is 0 Å². The zero-order valence-corrected chi connectivity index (χ0v) is 14.9. The molecule has 1 aliphatic heterocycles. The largest absolute Gasteiger partial charge is 0.546 e. The Morgan fingerprint density at radius 2 is 1.65 bits per heavy atom. The predicted octanol–water partition coefficient (Wildman–Crippen LogP) is -0.0848. The molecule has 2 atom stereocenters. The summed E-state index contributed by atoms with van der Waals surface area (Å²) >= 11 is 0. The Labute approximate surface area is 107 Å². The van der Waals surface area contributed by atoms with Crippen LogP contribution >= 0.6 is 0 Å². The van der Waals surface area contributed by atoms with E-state index >= 15 is 0 Å². The van der Waals surface area contributed by atoms with Crippen LogP contribution in [0, 0.1) is 0 Å². The van der Waals surface area contributed by atoms with Crippen LogP contribution in [0.1, 0.15) is 0 Å². The zero-order valence-electron chi connectivity index (χ0n) is 10.5. The average molecular weight is 311 g/mol. The van der Waals surface area contributed by atoms with Gasteiger partial charge < -0.3 is 20.9 Å². The van der Waals surface area contributed by atoms with Crippen LogP contribution in [-0.4, -0.2) is 42.6 Å². The summed E-state index contributed by atoms with van der Waals surface area (Å²) in [5.74, 6) is -0.535. The molecule has 0 N–H and O–H groups in total. The predicted molar refractivity (Wildman–Crippen MR) is 71.3 cm³/mol. The molecule has 0 amide bonds. The highest BCUT2D eigenvalue weighted by atomic mass is 28.5. The maximum absolute atomic E-state index is 11.3. The summed E-state index contributed by atoms with van der Waals surface area (Å²) in [6, 6.07) is 0. The van der Waals surface area contributed by atoms with E-state index in [4.69, 9.17) is 20.9 Å². The lowest BCUT2D eigenvalue weighted by Crippen LogP contribution is -2.55. The third-order valence-electron chi connectivity index (χ3n) is 1.98. The third kappa shape index (κ3) is 4.97. The molecule has 0 radical (unpaired) electrons. The molecule has 0 aromatic carbocycles. The summed E-state index contributed by atoms with van der Waals surface area (Å²) in [5, 5.41) is 0. The van der Waals surface area contributed by atoms with E-state index in [1.165, 1.54) is 0 Å². The van der Waals surface area contributed by atoms with E-state index in [1.54, 1.807) is 6.55 Å². The fourth-order valence-corrected chi connectivity index (χ4v) is 14.5.